The summed E-state index contributed by atoms with van der Waals surface area (Å²) in [5, 5.41) is 1.22. The van der Waals surface area contributed by atoms with Crippen LogP contribution in [0.2, 0.25) is 5.02 Å². The number of hydrogen-bond acceptors (Lipinski definition) is 6. The summed E-state index contributed by atoms with van der Waals surface area (Å²) in [5.74, 6) is 0.966. The third-order valence-corrected chi connectivity index (χ3v) is 7.18. The van der Waals surface area contributed by atoms with Gasteiger partial charge in [0.25, 0.3) is 5.91 Å². The first kappa shape index (κ1) is 22.6. The predicted molar refractivity (Wildman–Crippen MR) is 143 cm³/mol. The third kappa shape index (κ3) is 3.47. The van der Waals surface area contributed by atoms with Gasteiger partial charge in [-0.2, -0.15) is 0 Å². The van der Waals surface area contributed by atoms with Crippen LogP contribution in [0.5, 0.6) is 11.5 Å². The van der Waals surface area contributed by atoms with E-state index in [1.165, 1.54) is 4.90 Å². The number of furan rings is 1. The van der Waals surface area contributed by atoms with Crippen LogP contribution in [-0.4, -0.2) is 30.3 Å². The Morgan fingerprint density at radius 1 is 0.974 bits per heavy atom. The number of halogens is 1. The lowest BCUT2D eigenvalue weighted by Gasteiger charge is -2.26. The summed E-state index contributed by atoms with van der Waals surface area (Å²) >= 11 is 6.35. The van der Waals surface area contributed by atoms with Crippen LogP contribution in [0.3, 0.4) is 0 Å². The maximum Gasteiger partial charge on any atom is 0.264 e. The van der Waals surface area contributed by atoms with E-state index in [0.29, 0.717) is 50.7 Å². The van der Waals surface area contributed by atoms with Crippen LogP contribution in [0.1, 0.15) is 21.7 Å². The van der Waals surface area contributed by atoms with Crippen molar-refractivity contribution < 1.29 is 23.5 Å². The molecule has 0 N–H and O–H groups in total. The first-order valence-corrected chi connectivity index (χ1v) is 12.4. The molecular formula is C30H19ClN2O5. The van der Waals surface area contributed by atoms with Crippen molar-refractivity contribution in [1.29, 1.82) is 0 Å². The van der Waals surface area contributed by atoms with Gasteiger partial charge in [-0.1, -0.05) is 23.7 Å². The van der Waals surface area contributed by atoms with E-state index in [9.17, 15) is 9.59 Å². The molecule has 0 spiro atoms. The Kier molecular flexibility index (Phi) is 5.03. The van der Waals surface area contributed by atoms with Crippen molar-refractivity contribution in [3.8, 4) is 33.9 Å². The van der Waals surface area contributed by atoms with Gasteiger partial charge in [-0.25, -0.2) is 0 Å². The molecular weight excluding hydrogens is 504 g/mol. The van der Waals surface area contributed by atoms with Crippen LogP contribution in [0.4, 0.5) is 5.69 Å². The molecule has 0 atom stereocenters. The normalized spacial score (nSPS) is 13.8. The van der Waals surface area contributed by atoms with Gasteiger partial charge in [-0.3, -0.25) is 14.6 Å². The second kappa shape index (κ2) is 8.46. The average molecular weight is 523 g/mol. The molecule has 1 amide bonds. The van der Waals surface area contributed by atoms with Gasteiger partial charge >= 0.3 is 0 Å². The van der Waals surface area contributed by atoms with Crippen molar-refractivity contribution >= 4 is 39.9 Å². The van der Waals surface area contributed by atoms with E-state index in [4.69, 9.17) is 30.5 Å². The molecule has 0 radical (unpaired) electrons. The molecule has 7 nitrogen and oxygen atoms in total. The number of rotatable bonds is 3. The van der Waals surface area contributed by atoms with Gasteiger partial charge in [-0.15, -0.1) is 0 Å². The van der Waals surface area contributed by atoms with E-state index in [1.807, 2.05) is 30.3 Å². The highest BCUT2D eigenvalue weighted by atomic mass is 35.5. The standard InChI is InChI=1S/C30H19ClN2O5/c1-33-22-11-16(6-8-25(22)37-15-26(33)34)29(35)30-27(21-12-19(31)7-9-24(21)38-30)17-10-18-14-36-23-5-3-2-4-20(23)28(18)32-13-17/h2-13H,14-15H2,1H3. The van der Waals surface area contributed by atoms with Gasteiger partial charge in [0.05, 0.1) is 11.4 Å². The number of carbonyl (C=O) groups excluding carboxylic acids is 2. The minimum Gasteiger partial charge on any atom is -0.488 e. The lowest BCUT2D eigenvalue weighted by atomic mass is 9.95. The van der Waals surface area contributed by atoms with E-state index in [-0.39, 0.29) is 24.1 Å². The highest BCUT2D eigenvalue weighted by molar-refractivity contribution is 6.31. The number of aromatic nitrogens is 1. The number of nitrogens with zero attached hydrogens (tertiary/aromatic N) is 2. The molecule has 8 heteroatoms. The molecule has 2 aliphatic rings. The molecule has 0 unspecified atom stereocenters. The molecule has 5 aromatic rings. The van der Waals surface area contributed by atoms with Crippen molar-refractivity contribution in [2.75, 3.05) is 18.6 Å². The van der Waals surface area contributed by atoms with Crippen molar-refractivity contribution in [3.05, 3.63) is 94.8 Å². The molecule has 0 aliphatic carbocycles. The quantitative estimate of drug-likeness (QED) is 0.259. The van der Waals surface area contributed by atoms with Crippen LogP contribution in [0, 0.1) is 0 Å². The molecule has 0 fully saturated rings. The number of carbonyl (C=O) groups is 2. The lowest BCUT2D eigenvalue weighted by Crippen LogP contribution is -2.35. The van der Waals surface area contributed by atoms with Crippen LogP contribution in [-0.2, 0) is 11.4 Å². The number of pyridine rings is 1. The summed E-state index contributed by atoms with van der Waals surface area (Å²) in [6, 6.07) is 20.0. The smallest absolute Gasteiger partial charge is 0.264 e. The summed E-state index contributed by atoms with van der Waals surface area (Å²) in [6.07, 6.45) is 1.75. The van der Waals surface area contributed by atoms with Gasteiger partial charge < -0.3 is 18.8 Å². The van der Waals surface area contributed by atoms with Gasteiger partial charge in [0, 0.05) is 51.5 Å². The summed E-state index contributed by atoms with van der Waals surface area (Å²) in [4.78, 5) is 32.3. The number of para-hydroxylation sites is 1. The minimum absolute atomic E-state index is 0.0369. The molecule has 0 saturated carbocycles. The van der Waals surface area contributed by atoms with Gasteiger partial charge in [-0.05, 0) is 54.6 Å². The Morgan fingerprint density at radius 3 is 2.71 bits per heavy atom. The second-order valence-corrected chi connectivity index (χ2v) is 9.65. The summed E-state index contributed by atoms with van der Waals surface area (Å²) in [6.45, 7) is 0.322. The maximum absolute atomic E-state index is 13.9. The van der Waals surface area contributed by atoms with Crippen molar-refractivity contribution in [2.24, 2.45) is 0 Å². The van der Waals surface area contributed by atoms with Gasteiger partial charge in [0.15, 0.2) is 12.4 Å². The topological polar surface area (TPSA) is 81.9 Å². The Bertz CT molecular complexity index is 1810. The third-order valence-electron chi connectivity index (χ3n) is 6.94. The van der Waals surface area contributed by atoms with Crippen LogP contribution in [0.25, 0.3) is 33.4 Å². The Morgan fingerprint density at radius 2 is 1.82 bits per heavy atom. The summed E-state index contributed by atoms with van der Waals surface area (Å²) in [7, 11) is 1.66. The largest absolute Gasteiger partial charge is 0.488 e. The fourth-order valence-electron chi connectivity index (χ4n) is 5.00. The van der Waals surface area contributed by atoms with Crippen molar-refractivity contribution in [3.63, 3.8) is 0 Å². The fraction of sp³-hybridized carbons (Fsp3) is 0.100. The Balaban J connectivity index is 1.39. The number of benzene rings is 3. The molecule has 38 heavy (non-hydrogen) atoms. The monoisotopic (exact) mass is 522 g/mol. The predicted octanol–water partition coefficient (Wildman–Crippen LogP) is 6.29. The SMILES string of the molecule is CN1C(=O)COc2ccc(C(=O)c3oc4ccc(Cl)cc4c3-c3cnc4c(c3)COc3ccccc3-4)cc21. The molecule has 2 aromatic heterocycles. The maximum atomic E-state index is 13.9. The number of hydrogen-bond donors (Lipinski definition) is 0. The number of fused-ring (bicyclic) bond motifs is 5. The molecule has 4 heterocycles. The molecule has 7 rings (SSSR count). The first-order valence-electron chi connectivity index (χ1n) is 12.0. The zero-order valence-corrected chi connectivity index (χ0v) is 20.9. The highest BCUT2D eigenvalue weighted by Crippen LogP contribution is 2.42. The molecule has 0 saturated heterocycles. The van der Waals surface area contributed by atoms with Crippen molar-refractivity contribution in [1.82, 2.24) is 4.98 Å². The number of ether oxygens (including phenoxy) is 2. The zero-order chi connectivity index (χ0) is 26.0. The summed E-state index contributed by atoms with van der Waals surface area (Å²) < 4.78 is 17.6. The van der Waals surface area contributed by atoms with E-state index in [2.05, 4.69) is 0 Å². The molecule has 0 bridgehead atoms. The Labute approximate surface area is 222 Å². The number of amides is 1. The molecule has 2 aliphatic heterocycles. The zero-order valence-electron chi connectivity index (χ0n) is 20.2. The minimum atomic E-state index is -0.333. The average Bonchev–Trinajstić information content (AvgIpc) is 3.32. The first-order chi connectivity index (χ1) is 18.5. The fourth-order valence-corrected chi connectivity index (χ4v) is 5.18. The summed E-state index contributed by atoms with van der Waals surface area (Å²) in [5.41, 5.74) is 5.40. The van der Waals surface area contributed by atoms with E-state index >= 15 is 0 Å². The van der Waals surface area contributed by atoms with E-state index in [1.54, 1.807) is 49.6 Å². The van der Waals surface area contributed by atoms with Crippen LogP contribution in [0.15, 0.2) is 77.3 Å². The van der Waals surface area contributed by atoms with E-state index < -0.39 is 0 Å². The second-order valence-electron chi connectivity index (χ2n) is 9.22. The number of ketones is 1. The van der Waals surface area contributed by atoms with Gasteiger partial charge in [0.2, 0.25) is 5.78 Å². The number of anilines is 1. The van der Waals surface area contributed by atoms with Crippen LogP contribution < -0.4 is 14.4 Å². The molecule has 186 valence electrons. The van der Waals surface area contributed by atoms with Gasteiger partial charge in [0.1, 0.15) is 23.7 Å². The van der Waals surface area contributed by atoms with Crippen molar-refractivity contribution in [2.45, 2.75) is 6.61 Å². The van der Waals surface area contributed by atoms with E-state index in [0.717, 1.165) is 22.6 Å². The molecule has 3 aromatic carbocycles. The number of likely N-dealkylation sites (N-methyl/N-ethyl adjacent to an activating group) is 1. The highest BCUT2D eigenvalue weighted by Gasteiger charge is 2.28. The lowest BCUT2D eigenvalue weighted by molar-refractivity contribution is -0.120. The Hall–Kier alpha value is -4.62. The van der Waals surface area contributed by atoms with Crippen LogP contribution >= 0.6 is 11.6 Å².